The van der Waals surface area contributed by atoms with Gasteiger partial charge in [0.05, 0.1) is 35.5 Å². The molecule has 0 spiro atoms. The average molecular weight is 421 g/mol. The van der Waals surface area contributed by atoms with Crippen LogP contribution in [0, 0.1) is 0 Å². The quantitative estimate of drug-likeness (QED) is 0.566. The van der Waals surface area contributed by atoms with E-state index >= 15 is 0 Å². The number of aromatic nitrogens is 3. The van der Waals surface area contributed by atoms with Gasteiger partial charge in [-0.25, -0.2) is 18.4 Å². The molecule has 3 rings (SSSR count). The molecule has 0 amide bonds. The zero-order valence-corrected chi connectivity index (χ0v) is 18.1. The standard InChI is InChI=1S/C20H28N4O4S/c1-5-27-12-16-23-17-18(14-8-6-7-9-15(14)22-19(17)21)24(16)13-20(2,3)28-10-11-29(4,25)26/h6-9H,5,10-13H2,1-4H3,(H2,21,22). The molecule has 0 radical (unpaired) electrons. The zero-order chi connectivity index (χ0) is 21.2. The minimum Gasteiger partial charge on any atom is -0.382 e. The molecule has 0 aliphatic rings. The number of benzene rings is 1. The van der Waals surface area contributed by atoms with Crippen LogP contribution in [0.1, 0.15) is 26.6 Å². The van der Waals surface area contributed by atoms with Crippen molar-refractivity contribution >= 4 is 37.6 Å². The predicted octanol–water partition coefficient (Wildman–Crippen LogP) is 2.54. The van der Waals surface area contributed by atoms with E-state index in [1.165, 1.54) is 6.26 Å². The van der Waals surface area contributed by atoms with Crippen LogP contribution in [0.25, 0.3) is 21.9 Å². The van der Waals surface area contributed by atoms with Crippen molar-refractivity contribution in [1.29, 1.82) is 0 Å². The van der Waals surface area contributed by atoms with Crippen molar-refractivity contribution in [3.63, 3.8) is 0 Å². The lowest BCUT2D eigenvalue weighted by molar-refractivity contribution is -0.0219. The van der Waals surface area contributed by atoms with E-state index in [9.17, 15) is 8.42 Å². The third-order valence-corrected chi connectivity index (χ3v) is 5.52. The first-order valence-corrected chi connectivity index (χ1v) is 11.6. The number of nitrogens with zero attached hydrogens (tertiary/aromatic N) is 3. The number of rotatable bonds is 9. The number of fused-ring (bicyclic) bond motifs is 3. The Morgan fingerprint density at radius 3 is 2.62 bits per heavy atom. The second-order valence-electron chi connectivity index (χ2n) is 7.70. The highest BCUT2D eigenvalue weighted by Crippen LogP contribution is 2.30. The van der Waals surface area contributed by atoms with Crippen LogP contribution in [0.4, 0.5) is 5.82 Å². The van der Waals surface area contributed by atoms with Gasteiger partial charge < -0.3 is 19.8 Å². The van der Waals surface area contributed by atoms with Gasteiger partial charge in [-0.3, -0.25) is 0 Å². The maximum absolute atomic E-state index is 11.4. The molecule has 0 fully saturated rings. The summed E-state index contributed by atoms with van der Waals surface area (Å²) in [7, 11) is -3.09. The topological polar surface area (TPSA) is 109 Å². The van der Waals surface area contributed by atoms with Gasteiger partial charge in [0.25, 0.3) is 0 Å². The molecule has 2 heterocycles. The predicted molar refractivity (Wildman–Crippen MR) is 115 cm³/mol. The maximum Gasteiger partial charge on any atom is 0.152 e. The number of sulfone groups is 1. The molecule has 0 saturated heterocycles. The molecule has 2 aromatic heterocycles. The molecule has 2 N–H and O–H groups in total. The normalized spacial score (nSPS) is 12.8. The first-order valence-electron chi connectivity index (χ1n) is 9.54. The molecule has 0 atom stereocenters. The van der Waals surface area contributed by atoms with Crippen LogP contribution < -0.4 is 5.73 Å². The van der Waals surface area contributed by atoms with Crippen LogP contribution in [-0.2, 0) is 32.5 Å². The summed E-state index contributed by atoms with van der Waals surface area (Å²) in [6.07, 6.45) is 1.20. The summed E-state index contributed by atoms with van der Waals surface area (Å²) in [5, 5.41) is 0.943. The maximum atomic E-state index is 11.4. The summed E-state index contributed by atoms with van der Waals surface area (Å²) < 4.78 is 36.4. The van der Waals surface area contributed by atoms with E-state index in [4.69, 9.17) is 20.2 Å². The first kappa shape index (κ1) is 21.5. The summed E-state index contributed by atoms with van der Waals surface area (Å²) in [5.41, 5.74) is 7.87. The molecule has 9 heteroatoms. The van der Waals surface area contributed by atoms with Crippen LogP contribution in [-0.4, -0.2) is 53.8 Å². The Bertz CT molecular complexity index is 1120. The van der Waals surface area contributed by atoms with Crippen molar-refractivity contribution in [2.75, 3.05) is 31.0 Å². The highest BCUT2D eigenvalue weighted by molar-refractivity contribution is 7.90. The first-order chi connectivity index (χ1) is 13.6. The summed E-state index contributed by atoms with van der Waals surface area (Å²) in [6.45, 7) is 7.27. The summed E-state index contributed by atoms with van der Waals surface area (Å²) in [5.74, 6) is 1.07. The molecule has 0 aliphatic carbocycles. The number of hydrogen-bond acceptors (Lipinski definition) is 7. The fourth-order valence-electron chi connectivity index (χ4n) is 3.27. The fraction of sp³-hybridized carbons (Fsp3) is 0.500. The number of imidazole rings is 1. The zero-order valence-electron chi connectivity index (χ0n) is 17.3. The van der Waals surface area contributed by atoms with Gasteiger partial charge in [0.2, 0.25) is 0 Å². The van der Waals surface area contributed by atoms with E-state index in [1.807, 2.05) is 49.6 Å². The third-order valence-electron chi connectivity index (χ3n) is 4.61. The van der Waals surface area contributed by atoms with Crippen molar-refractivity contribution in [1.82, 2.24) is 14.5 Å². The van der Waals surface area contributed by atoms with Crippen molar-refractivity contribution in [3.05, 3.63) is 30.1 Å². The highest BCUT2D eigenvalue weighted by atomic mass is 32.2. The largest absolute Gasteiger partial charge is 0.382 e. The number of nitrogen functional groups attached to an aromatic ring is 1. The monoisotopic (exact) mass is 420 g/mol. The van der Waals surface area contributed by atoms with Gasteiger partial charge in [-0.2, -0.15) is 0 Å². The summed E-state index contributed by atoms with van der Waals surface area (Å²) in [4.78, 5) is 9.18. The number of hydrogen-bond donors (Lipinski definition) is 1. The van der Waals surface area contributed by atoms with E-state index in [2.05, 4.69) is 4.98 Å². The Labute approximate surface area is 170 Å². The van der Waals surface area contributed by atoms with Gasteiger partial charge in [-0.1, -0.05) is 18.2 Å². The summed E-state index contributed by atoms with van der Waals surface area (Å²) in [6, 6.07) is 7.77. The number of ether oxygens (including phenoxy) is 2. The van der Waals surface area contributed by atoms with Crippen LogP contribution in [0.15, 0.2) is 24.3 Å². The molecule has 0 bridgehead atoms. The fourth-order valence-corrected chi connectivity index (χ4v) is 3.66. The average Bonchev–Trinajstić information content (AvgIpc) is 2.97. The lowest BCUT2D eigenvalue weighted by Gasteiger charge is -2.27. The molecule has 29 heavy (non-hydrogen) atoms. The lowest BCUT2D eigenvalue weighted by Crippen LogP contribution is -2.33. The molecule has 8 nitrogen and oxygen atoms in total. The molecular weight excluding hydrogens is 392 g/mol. The Morgan fingerprint density at radius 1 is 1.21 bits per heavy atom. The van der Waals surface area contributed by atoms with Gasteiger partial charge in [0, 0.05) is 18.2 Å². The van der Waals surface area contributed by atoms with Gasteiger partial charge in [0.1, 0.15) is 27.8 Å². The van der Waals surface area contributed by atoms with Crippen LogP contribution >= 0.6 is 0 Å². The number of pyridine rings is 1. The van der Waals surface area contributed by atoms with Gasteiger partial charge >= 0.3 is 0 Å². The van der Waals surface area contributed by atoms with Crippen LogP contribution in [0.5, 0.6) is 0 Å². The molecule has 158 valence electrons. The smallest absolute Gasteiger partial charge is 0.152 e. The summed E-state index contributed by atoms with van der Waals surface area (Å²) >= 11 is 0. The molecule has 0 saturated carbocycles. The Balaban J connectivity index is 2.06. The van der Waals surface area contributed by atoms with E-state index in [-0.39, 0.29) is 12.4 Å². The Morgan fingerprint density at radius 2 is 1.93 bits per heavy atom. The van der Waals surface area contributed by atoms with Gasteiger partial charge in [-0.05, 0) is 26.8 Å². The van der Waals surface area contributed by atoms with Crippen molar-refractivity contribution in [2.24, 2.45) is 0 Å². The van der Waals surface area contributed by atoms with E-state index in [1.54, 1.807) is 0 Å². The van der Waals surface area contributed by atoms with Crippen molar-refractivity contribution in [3.8, 4) is 0 Å². The second kappa shape index (κ2) is 8.25. The molecule has 0 aliphatic heterocycles. The number of nitrogens with two attached hydrogens (primary N) is 1. The van der Waals surface area contributed by atoms with Crippen molar-refractivity contribution < 1.29 is 17.9 Å². The lowest BCUT2D eigenvalue weighted by atomic mass is 10.1. The Hall–Kier alpha value is -2.23. The minimum absolute atomic E-state index is 0.0211. The van der Waals surface area contributed by atoms with Gasteiger partial charge in [0.15, 0.2) is 5.82 Å². The van der Waals surface area contributed by atoms with E-state index < -0.39 is 15.4 Å². The highest BCUT2D eigenvalue weighted by Gasteiger charge is 2.25. The SMILES string of the molecule is CCOCc1nc2c(N)nc3ccccc3c2n1CC(C)(C)OCCS(C)(=O)=O. The number of anilines is 1. The number of para-hydroxylation sites is 1. The second-order valence-corrected chi connectivity index (χ2v) is 9.96. The van der Waals surface area contributed by atoms with E-state index in [0.29, 0.717) is 31.1 Å². The third kappa shape index (κ3) is 5.04. The molecular formula is C20H28N4O4S. The van der Waals surface area contributed by atoms with Crippen molar-refractivity contribution in [2.45, 2.75) is 39.5 Å². The molecule has 0 unspecified atom stereocenters. The molecule has 3 aromatic rings. The van der Waals surface area contributed by atoms with Crippen LogP contribution in [0.3, 0.4) is 0 Å². The minimum atomic E-state index is -3.09. The Kier molecular flexibility index (Phi) is 6.11. The van der Waals surface area contributed by atoms with Crippen LogP contribution in [0.2, 0.25) is 0 Å². The molecule has 1 aromatic carbocycles. The van der Waals surface area contributed by atoms with E-state index in [0.717, 1.165) is 22.2 Å². The van der Waals surface area contributed by atoms with Gasteiger partial charge in [-0.15, -0.1) is 0 Å².